The first kappa shape index (κ1) is 16.4. The van der Waals surface area contributed by atoms with Gasteiger partial charge in [-0.15, -0.1) is 11.3 Å². The molecular weight excluding hydrogens is 326 g/mol. The minimum Gasteiger partial charge on any atom is -0.427 e. The molecule has 6 nitrogen and oxygen atoms in total. The molecule has 1 aromatic carbocycles. The van der Waals surface area contributed by atoms with E-state index in [0.29, 0.717) is 17.9 Å². The fourth-order valence-electron chi connectivity index (χ4n) is 2.81. The number of hydrogen-bond donors (Lipinski definition) is 1. The van der Waals surface area contributed by atoms with E-state index in [-0.39, 0.29) is 17.9 Å². The number of esters is 1. The highest BCUT2D eigenvalue weighted by Crippen LogP contribution is 2.26. The lowest BCUT2D eigenvalue weighted by Crippen LogP contribution is -2.40. The van der Waals surface area contributed by atoms with Crippen LogP contribution in [0.15, 0.2) is 35.8 Å². The van der Waals surface area contributed by atoms with E-state index in [4.69, 9.17) is 4.74 Å². The molecule has 1 aliphatic heterocycles. The van der Waals surface area contributed by atoms with Crippen LogP contribution >= 0.6 is 11.3 Å². The van der Waals surface area contributed by atoms with Gasteiger partial charge in [-0.1, -0.05) is 0 Å². The number of aromatic nitrogens is 1. The van der Waals surface area contributed by atoms with E-state index in [1.54, 1.807) is 41.8 Å². The average molecular weight is 345 g/mol. The summed E-state index contributed by atoms with van der Waals surface area (Å²) in [4.78, 5) is 29.8. The van der Waals surface area contributed by atoms with Crippen LogP contribution in [0.3, 0.4) is 0 Å². The lowest BCUT2D eigenvalue weighted by atomic mass is 10.2. The second-order valence-electron chi connectivity index (χ2n) is 5.63. The summed E-state index contributed by atoms with van der Waals surface area (Å²) in [5, 5.41) is 5.96. The van der Waals surface area contributed by atoms with Crippen LogP contribution < -0.4 is 15.0 Å². The number of hydrogen-bond acceptors (Lipinski definition) is 6. The number of benzene rings is 1. The number of anilines is 1. The second kappa shape index (κ2) is 7.44. The maximum Gasteiger partial charge on any atom is 0.308 e. The molecule has 1 N–H and O–H groups in total. The van der Waals surface area contributed by atoms with Crippen molar-refractivity contribution < 1.29 is 14.3 Å². The second-order valence-corrected chi connectivity index (χ2v) is 6.51. The number of carbonyl (C=O) groups excluding carboxylic acids is 2. The maximum absolute atomic E-state index is 12.3. The number of carbonyl (C=O) groups is 2. The van der Waals surface area contributed by atoms with Gasteiger partial charge in [0.2, 0.25) is 0 Å². The average Bonchev–Trinajstić information content (AvgIpc) is 3.23. The van der Waals surface area contributed by atoms with Crippen molar-refractivity contribution in [3.8, 4) is 5.75 Å². The van der Waals surface area contributed by atoms with Crippen LogP contribution in [0.5, 0.6) is 5.75 Å². The summed E-state index contributed by atoms with van der Waals surface area (Å²) >= 11 is 1.62. The van der Waals surface area contributed by atoms with Crippen molar-refractivity contribution in [3.63, 3.8) is 0 Å². The van der Waals surface area contributed by atoms with Crippen molar-refractivity contribution >= 4 is 28.3 Å². The van der Waals surface area contributed by atoms with Crippen molar-refractivity contribution in [2.24, 2.45) is 0 Å². The molecule has 0 aliphatic carbocycles. The van der Waals surface area contributed by atoms with Crippen LogP contribution in [0.25, 0.3) is 0 Å². The van der Waals surface area contributed by atoms with Gasteiger partial charge >= 0.3 is 5.97 Å². The minimum atomic E-state index is -0.379. The molecule has 1 aromatic heterocycles. The SMILES string of the molecule is CC(=O)Oc1ccc(C(=O)NCC2CCCN2c2nccs2)cc1. The van der Waals surface area contributed by atoms with Gasteiger partial charge in [0.25, 0.3) is 5.91 Å². The van der Waals surface area contributed by atoms with Gasteiger partial charge in [-0.3, -0.25) is 9.59 Å². The zero-order chi connectivity index (χ0) is 16.9. The first-order chi connectivity index (χ1) is 11.6. The van der Waals surface area contributed by atoms with Crippen LogP contribution in [0.1, 0.15) is 30.1 Å². The predicted molar refractivity (Wildman–Crippen MR) is 92.6 cm³/mol. The van der Waals surface area contributed by atoms with Gasteiger partial charge in [-0.05, 0) is 37.1 Å². The maximum atomic E-state index is 12.3. The molecule has 0 bridgehead atoms. The summed E-state index contributed by atoms with van der Waals surface area (Å²) < 4.78 is 4.96. The number of nitrogens with one attached hydrogen (secondary N) is 1. The Morgan fingerprint density at radius 3 is 2.83 bits per heavy atom. The number of nitrogens with zero attached hydrogens (tertiary/aromatic N) is 2. The molecule has 2 heterocycles. The van der Waals surface area contributed by atoms with E-state index in [2.05, 4.69) is 15.2 Å². The third-order valence-corrected chi connectivity index (χ3v) is 4.73. The Morgan fingerprint density at radius 2 is 2.17 bits per heavy atom. The standard InChI is InChI=1S/C17H19N3O3S/c1-12(21)23-15-6-4-13(5-7-15)16(22)19-11-14-3-2-9-20(14)17-18-8-10-24-17/h4-8,10,14H,2-3,9,11H2,1H3,(H,19,22). The Morgan fingerprint density at radius 1 is 1.38 bits per heavy atom. The number of rotatable bonds is 5. The number of amides is 1. The fraction of sp³-hybridized carbons (Fsp3) is 0.353. The van der Waals surface area contributed by atoms with E-state index in [1.165, 1.54) is 6.92 Å². The topological polar surface area (TPSA) is 71.5 Å². The lowest BCUT2D eigenvalue weighted by molar-refractivity contribution is -0.131. The van der Waals surface area contributed by atoms with Gasteiger partial charge in [0.05, 0.1) is 0 Å². The Kier molecular flexibility index (Phi) is 5.10. The van der Waals surface area contributed by atoms with Crippen LogP contribution in [-0.4, -0.2) is 36.0 Å². The summed E-state index contributed by atoms with van der Waals surface area (Å²) in [5.74, 6) is -0.0733. The number of thiazole rings is 1. The molecule has 3 rings (SSSR count). The molecule has 0 radical (unpaired) electrons. The first-order valence-electron chi connectivity index (χ1n) is 7.86. The normalized spacial score (nSPS) is 16.9. The zero-order valence-corrected chi connectivity index (χ0v) is 14.2. The van der Waals surface area contributed by atoms with E-state index in [1.807, 2.05) is 5.38 Å². The Hall–Kier alpha value is -2.41. The van der Waals surface area contributed by atoms with Crippen molar-refractivity contribution in [3.05, 3.63) is 41.4 Å². The third-order valence-electron chi connectivity index (χ3n) is 3.92. The largest absolute Gasteiger partial charge is 0.427 e. The molecule has 1 unspecified atom stereocenters. The molecule has 1 fully saturated rings. The molecule has 7 heteroatoms. The van der Waals surface area contributed by atoms with Gasteiger partial charge in [0, 0.05) is 43.2 Å². The Balaban J connectivity index is 1.56. The smallest absolute Gasteiger partial charge is 0.308 e. The highest BCUT2D eigenvalue weighted by Gasteiger charge is 2.26. The van der Waals surface area contributed by atoms with Crippen LogP contribution in [0.2, 0.25) is 0 Å². The molecule has 126 valence electrons. The molecular formula is C17H19N3O3S. The quantitative estimate of drug-likeness (QED) is 0.666. The fourth-order valence-corrected chi connectivity index (χ4v) is 3.55. The third kappa shape index (κ3) is 3.91. The van der Waals surface area contributed by atoms with Crippen LogP contribution in [0, 0.1) is 0 Å². The van der Waals surface area contributed by atoms with Gasteiger partial charge in [-0.2, -0.15) is 0 Å². The zero-order valence-electron chi connectivity index (χ0n) is 13.4. The van der Waals surface area contributed by atoms with Crippen molar-refractivity contribution in [1.29, 1.82) is 0 Å². The molecule has 24 heavy (non-hydrogen) atoms. The van der Waals surface area contributed by atoms with Crippen molar-refractivity contribution in [1.82, 2.24) is 10.3 Å². The van der Waals surface area contributed by atoms with Gasteiger partial charge in [0.15, 0.2) is 5.13 Å². The van der Waals surface area contributed by atoms with E-state index in [0.717, 1.165) is 24.5 Å². The summed E-state index contributed by atoms with van der Waals surface area (Å²) in [5.41, 5.74) is 0.546. The Labute approximate surface area is 144 Å². The summed E-state index contributed by atoms with van der Waals surface area (Å²) in [7, 11) is 0. The van der Waals surface area contributed by atoms with Gasteiger partial charge in [-0.25, -0.2) is 4.98 Å². The van der Waals surface area contributed by atoms with Crippen molar-refractivity contribution in [2.75, 3.05) is 18.0 Å². The van der Waals surface area contributed by atoms with Gasteiger partial charge < -0.3 is 15.0 Å². The lowest BCUT2D eigenvalue weighted by Gasteiger charge is -2.24. The molecule has 2 aromatic rings. The minimum absolute atomic E-state index is 0.129. The predicted octanol–water partition coefficient (Wildman–Crippen LogP) is 2.47. The first-order valence-corrected chi connectivity index (χ1v) is 8.74. The molecule has 1 atom stereocenters. The van der Waals surface area contributed by atoms with Gasteiger partial charge in [0.1, 0.15) is 5.75 Å². The van der Waals surface area contributed by atoms with E-state index >= 15 is 0 Å². The van der Waals surface area contributed by atoms with E-state index < -0.39 is 0 Å². The Bertz CT molecular complexity index is 700. The van der Waals surface area contributed by atoms with Crippen LogP contribution in [0.4, 0.5) is 5.13 Å². The van der Waals surface area contributed by atoms with Crippen molar-refractivity contribution in [2.45, 2.75) is 25.8 Å². The highest BCUT2D eigenvalue weighted by molar-refractivity contribution is 7.13. The summed E-state index contributed by atoms with van der Waals surface area (Å²) in [6.07, 6.45) is 3.96. The number of ether oxygens (including phenoxy) is 1. The highest BCUT2D eigenvalue weighted by atomic mass is 32.1. The molecule has 1 aliphatic rings. The molecule has 1 saturated heterocycles. The molecule has 0 saturated carbocycles. The summed E-state index contributed by atoms with van der Waals surface area (Å²) in [6, 6.07) is 6.82. The monoisotopic (exact) mass is 345 g/mol. The van der Waals surface area contributed by atoms with E-state index in [9.17, 15) is 9.59 Å². The summed E-state index contributed by atoms with van der Waals surface area (Å²) in [6.45, 7) is 2.91. The van der Waals surface area contributed by atoms with Crippen LogP contribution in [-0.2, 0) is 4.79 Å². The molecule has 1 amide bonds. The molecule has 0 spiro atoms.